The summed E-state index contributed by atoms with van der Waals surface area (Å²) >= 11 is 1.45. The number of non-ortho nitro benzene ring substituents is 1. The lowest BCUT2D eigenvalue weighted by molar-refractivity contribution is -0.384. The lowest BCUT2D eigenvalue weighted by Gasteiger charge is -2.05. The summed E-state index contributed by atoms with van der Waals surface area (Å²) in [5.41, 5.74) is 2.89. The molecule has 2 aromatic heterocycles. The van der Waals surface area contributed by atoms with Gasteiger partial charge in [-0.2, -0.15) is 0 Å². The number of benzene rings is 2. The van der Waals surface area contributed by atoms with Gasteiger partial charge in [0, 0.05) is 40.7 Å². The standard InChI is InChI=1S/C21H18N4O4S/c1-2-29-18-8-6-14(7-9-18)19-12-24-17(13-30-21(24)23-19)11-20(26)22-15-4-3-5-16(10-15)25(27)28/h3-10,12-13H,2,11H2,1H3,(H,22,26). The van der Waals surface area contributed by atoms with Crippen LogP contribution in [-0.4, -0.2) is 26.8 Å². The summed E-state index contributed by atoms with van der Waals surface area (Å²) < 4.78 is 7.36. The summed E-state index contributed by atoms with van der Waals surface area (Å²) in [4.78, 5) is 28.3. The fourth-order valence-electron chi connectivity index (χ4n) is 3.05. The Morgan fingerprint density at radius 2 is 2.07 bits per heavy atom. The molecule has 0 aliphatic heterocycles. The van der Waals surface area contributed by atoms with Crippen LogP contribution in [0.5, 0.6) is 5.75 Å². The zero-order valence-electron chi connectivity index (χ0n) is 16.1. The zero-order valence-corrected chi connectivity index (χ0v) is 16.9. The van der Waals surface area contributed by atoms with E-state index in [1.165, 1.54) is 29.5 Å². The summed E-state index contributed by atoms with van der Waals surface area (Å²) in [7, 11) is 0. The number of nitro benzene ring substituents is 1. The van der Waals surface area contributed by atoms with Gasteiger partial charge in [-0.25, -0.2) is 4.98 Å². The maximum atomic E-state index is 12.5. The van der Waals surface area contributed by atoms with Gasteiger partial charge < -0.3 is 10.1 Å². The Morgan fingerprint density at radius 3 is 2.80 bits per heavy atom. The molecule has 4 aromatic rings. The van der Waals surface area contributed by atoms with E-state index < -0.39 is 4.92 Å². The van der Waals surface area contributed by atoms with Gasteiger partial charge in [0.2, 0.25) is 5.91 Å². The topological polar surface area (TPSA) is 98.8 Å². The average Bonchev–Trinajstić information content (AvgIpc) is 3.31. The minimum absolute atomic E-state index is 0.0691. The Labute approximate surface area is 175 Å². The number of hydrogen-bond acceptors (Lipinski definition) is 6. The van der Waals surface area contributed by atoms with Gasteiger partial charge in [0.15, 0.2) is 4.96 Å². The molecule has 0 saturated carbocycles. The molecule has 0 aliphatic carbocycles. The Hall–Kier alpha value is -3.72. The molecule has 9 heteroatoms. The van der Waals surface area contributed by atoms with E-state index in [4.69, 9.17) is 4.74 Å². The van der Waals surface area contributed by atoms with E-state index in [2.05, 4.69) is 10.3 Å². The van der Waals surface area contributed by atoms with Crippen molar-refractivity contribution in [2.24, 2.45) is 0 Å². The Balaban J connectivity index is 1.50. The molecule has 0 atom stereocenters. The molecular weight excluding hydrogens is 404 g/mol. The summed E-state index contributed by atoms with van der Waals surface area (Å²) in [5, 5.41) is 15.5. The highest BCUT2D eigenvalue weighted by Crippen LogP contribution is 2.26. The molecular formula is C21H18N4O4S. The molecule has 0 spiro atoms. The fourth-order valence-corrected chi connectivity index (χ4v) is 3.92. The van der Waals surface area contributed by atoms with Crippen LogP contribution < -0.4 is 10.1 Å². The van der Waals surface area contributed by atoms with Gasteiger partial charge >= 0.3 is 0 Å². The van der Waals surface area contributed by atoms with E-state index in [1.54, 1.807) is 6.07 Å². The number of carbonyl (C=O) groups is 1. The maximum absolute atomic E-state index is 12.5. The normalized spacial score (nSPS) is 10.8. The van der Waals surface area contributed by atoms with E-state index in [9.17, 15) is 14.9 Å². The lowest BCUT2D eigenvalue weighted by Crippen LogP contribution is -2.15. The Kier molecular flexibility index (Phi) is 5.44. The molecule has 0 saturated heterocycles. The molecule has 0 fully saturated rings. The Bertz CT molecular complexity index is 1210. The minimum atomic E-state index is -0.494. The predicted octanol–water partition coefficient (Wildman–Crippen LogP) is 4.55. The van der Waals surface area contributed by atoms with E-state index in [-0.39, 0.29) is 18.0 Å². The number of ether oxygens (including phenoxy) is 1. The highest BCUT2D eigenvalue weighted by molar-refractivity contribution is 7.15. The molecule has 0 radical (unpaired) electrons. The van der Waals surface area contributed by atoms with Crippen LogP contribution in [0.15, 0.2) is 60.1 Å². The van der Waals surface area contributed by atoms with Crippen LogP contribution in [0.2, 0.25) is 0 Å². The van der Waals surface area contributed by atoms with Crippen LogP contribution in [-0.2, 0) is 11.2 Å². The molecule has 0 aliphatic rings. The number of imidazole rings is 1. The van der Waals surface area contributed by atoms with Gasteiger partial charge in [-0.05, 0) is 37.3 Å². The summed E-state index contributed by atoms with van der Waals surface area (Å²) in [6.07, 6.45) is 2.03. The number of nitrogens with zero attached hydrogens (tertiary/aromatic N) is 3. The molecule has 152 valence electrons. The molecule has 0 unspecified atom stereocenters. The van der Waals surface area contributed by atoms with E-state index in [0.717, 1.165) is 27.7 Å². The van der Waals surface area contributed by atoms with Crippen LogP contribution in [0, 0.1) is 10.1 Å². The SMILES string of the molecule is CCOc1ccc(-c2cn3c(CC(=O)Nc4cccc([N+](=O)[O-])c4)csc3n2)cc1. The smallest absolute Gasteiger partial charge is 0.271 e. The summed E-state index contributed by atoms with van der Waals surface area (Å²) in [6, 6.07) is 13.6. The van der Waals surface area contributed by atoms with Crippen LogP contribution in [0.25, 0.3) is 16.2 Å². The molecule has 8 nitrogen and oxygen atoms in total. The molecule has 4 rings (SSSR count). The lowest BCUT2D eigenvalue weighted by atomic mass is 10.1. The van der Waals surface area contributed by atoms with Crippen molar-refractivity contribution >= 4 is 33.6 Å². The first kappa shape index (κ1) is 19.6. The van der Waals surface area contributed by atoms with Gasteiger partial charge in [0.1, 0.15) is 5.75 Å². The van der Waals surface area contributed by atoms with Gasteiger partial charge in [-0.15, -0.1) is 11.3 Å². The van der Waals surface area contributed by atoms with E-state index in [0.29, 0.717) is 12.3 Å². The second-order valence-electron chi connectivity index (χ2n) is 6.50. The van der Waals surface area contributed by atoms with E-state index >= 15 is 0 Å². The number of carbonyl (C=O) groups excluding carboxylic acids is 1. The summed E-state index contributed by atoms with van der Waals surface area (Å²) in [5.74, 6) is 0.548. The van der Waals surface area contributed by atoms with Crippen LogP contribution in [0.3, 0.4) is 0 Å². The number of rotatable bonds is 7. The van der Waals surface area contributed by atoms with Crippen molar-refractivity contribution in [2.45, 2.75) is 13.3 Å². The predicted molar refractivity (Wildman–Crippen MR) is 115 cm³/mol. The number of aromatic nitrogens is 2. The third-order valence-corrected chi connectivity index (χ3v) is 5.32. The number of amides is 1. The largest absolute Gasteiger partial charge is 0.494 e. The van der Waals surface area contributed by atoms with Crippen molar-refractivity contribution in [2.75, 3.05) is 11.9 Å². The third kappa shape index (κ3) is 4.15. The monoisotopic (exact) mass is 422 g/mol. The molecule has 30 heavy (non-hydrogen) atoms. The fraction of sp³-hybridized carbons (Fsp3) is 0.143. The highest BCUT2D eigenvalue weighted by Gasteiger charge is 2.14. The number of fused-ring (bicyclic) bond motifs is 1. The van der Waals surface area contributed by atoms with Crippen molar-refractivity contribution < 1.29 is 14.5 Å². The third-order valence-electron chi connectivity index (χ3n) is 4.43. The number of thiazole rings is 1. The second kappa shape index (κ2) is 8.34. The zero-order chi connectivity index (χ0) is 21.1. The van der Waals surface area contributed by atoms with Gasteiger partial charge in [0.25, 0.3) is 5.69 Å². The first-order valence-electron chi connectivity index (χ1n) is 9.26. The average molecular weight is 422 g/mol. The first-order chi connectivity index (χ1) is 14.5. The maximum Gasteiger partial charge on any atom is 0.271 e. The van der Waals surface area contributed by atoms with Crippen molar-refractivity contribution in [3.63, 3.8) is 0 Å². The van der Waals surface area contributed by atoms with Crippen molar-refractivity contribution in [3.05, 3.63) is 75.9 Å². The molecule has 2 aromatic carbocycles. The molecule has 2 heterocycles. The van der Waals surface area contributed by atoms with Gasteiger partial charge in [-0.3, -0.25) is 19.3 Å². The first-order valence-corrected chi connectivity index (χ1v) is 10.1. The number of nitrogens with one attached hydrogen (secondary N) is 1. The second-order valence-corrected chi connectivity index (χ2v) is 7.33. The quantitative estimate of drug-likeness (QED) is 0.348. The van der Waals surface area contributed by atoms with Crippen LogP contribution >= 0.6 is 11.3 Å². The van der Waals surface area contributed by atoms with Crippen LogP contribution in [0.4, 0.5) is 11.4 Å². The summed E-state index contributed by atoms with van der Waals surface area (Å²) in [6.45, 7) is 2.55. The number of anilines is 1. The number of hydrogen-bond donors (Lipinski definition) is 1. The van der Waals surface area contributed by atoms with Crippen LogP contribution in [0.1, 0.15) is 12.6 Å². The molecule has 0 bridgehead atoms. The molecule has 1 N–H and O–H groups in total. The van der Waals surface area contributed by atoms with Crippen molar-refractivity contribution in [3.8, 4) is 17.0 Å². The minimum Gasteiger partial charge on any atom is -0.494 e. The van der Waals surface area contributed by atoms with Gasteiger partial charge in [0.05, 0.1) is 23.6 Å². The van der Waals surface area contributed by atoms with Gasteiger partial charge in [-0.1, -0.05) is 6.07 Å². The van der Waals surface area contributed by atoms with E-state index in [1.807, 2.05) is 47.2 Å². The highest BCUT2D eigenvalue weighted by atomic mass is 32.1. The van der Waals surface area contributed by atoms with Crippen molar-refractivity contribution in [1.29, 1.82) is 0 Å². The number of nitro groups is 1. The molecule has 1 amide bonds. The Morgan fingerprint density at radius 1 is 1.27 bits per heavy atom. The van der Waals surface area contributed by atoms with Crippen molar-refractivity contribution in [1.82, 2.24) is 9.38 Å².